The Morgan fingerprint density at radius 2 is 1.94 bits per heavy atom. The quantitative estimate of drug-likeness (QED) is 0.717. The Hall–Kier alpha value is -3.26. The minimum Gasteiger partial charge on any atom is -0.493 e. The minimum atomic E-state index is -1.05. The first-order valence-electron chi connectivity index (χ1n) is 11.6. The van der Waals surface area contributed by atoms with Gasteiger partial charge in [-0.2, -0.15) is 0 Å². The van der Waals surface area contributed by atoms with Crippen molar-refractivity contribution in [3.63, 3.8) is 0 Å². The molecule has 1 N–H and O–H groups in total. The number of nitrogens with zero attached hydrogens (tertiary/aromatic N) is 1. The lowest BCUT2D eigenvalue weighted by Gasteiger charge is -2.50. The molecule has 2 fully saturated rings. The number of para-hydroxylation sites is 1. The van der Waals surface area contributed by atoms with Gasteiger partial charge in [0, 0.05) is 23.6 Å². The first-order chi connectivity index (χ1) is 16.3. The van der Waals surface area contributed by atoms with E-state index in [0.29, 0.717) is 23.6 Å². The van der Waals surface area contributed by atoms with Crippen molar-refractivity contribution in [1.29, 1.82) is 0 Å². The van der Waals surface area contributed by atoms with Crippen LogP contribution in [0.1, 0.15) is 48.7 Å². The van der Waals surface area contributed by atoms with E-state index in [1.54, 1.807) is 31.4 Å². The number of amides is 1. The predicted molar refractivity (Wildman–Crippen MR) is 122 cm³/mol. The summed E-state index contributed by atoms with van der Waals surface area (Å²) in [7, 11) is 1.64. The average molecular weight is 468 g/mol. The van der Waals surface area contributed by atoms with Crippen LogP contribution in [0.2, 0.25) is 0 Å². The molecule has 4 atom stereocenters. The minimum absolute atomic E-state index is 0.0354. The Bertz CT molecular complexity index is 1100. The van der Waals surface area contributed by atoms with E-state index in [-0.39, 0.29) is 30.1 Å². The van der Waals surface area contributed by atoms with E-state index < -0.39 is 18.2 Å². The molecule has 3 aliphatic heterocycles. The summed E-state index contributed by atoms with van der Waals surface area (Å²) in [5, 5.41) is 8.76. The van der Waals surface area contributed by atoms with Gasteiger partial charge < -0.3 is 29.0 Å². The van der Waals surface area contributed by atoms with Crippen molar-refractivity contribution in [1.82, 2.24) is 4.90 Å². The fraction of sp³-hybridized carbons (Fsp3) is 0.462. The van der Waals surface area contributed by atoms with Gasteiger partial charge in [-0.15, -0.1) is 0 Å². The maximum absolute atomic E-state index is 13.4. The van der Waals surface area contributed by atoms with E-state index in [9.17, 15) is 9.59 Å². The molecule has 0 unspecified atom stereocenters. The molecule has 8 heteroatoms. The van der Waals surface area contributed by atoms with E-state index >= 15 is 0 Å². The number of hydrogen-bond acceptors (Lipinski definition) is 6. The number of fused-ring (bicyclic) bond motifs is 4. The zero-order valence-electron chi connectivity index (χ0n) is 19.5. The largest absolute Gasteiger partial charge is 0.493 e. The molecule has 34 heavy (non-hydrogen) atoms. The Kier molecular flexibility index (Phi) is 5.64. The molecule has 0 aliphatic carbocycles. The van der Waals surface area contributed by atoms with Crippen molar-refractivity contribution in [3.05, 3.63) is 53.6 Å². The van der Waals surface area contributed by atoms with E-state index in [2.05, 4.69) is 13.8 Å². The maximum atomic E-state index is 13.4. The van der Waals surface area contributed by atoms with Crippen LogP contribution >= 0.6 is 0 Å². The molecular weight excluding hydrogens is 438 g/mol. The summed E-state index contributed by atoms with van der Waals surface area (Å²) in [6, 6.07) is 12.5. The zero-order chi connectivity index (χ0) is 24.0. The van der Waals surface area contributed by atoms with Crippen molar-refractivity contribution >= 4 is 11.9 Å². The molecule has 2 saturated heterocycles. The second-order valence-electron chi connectivity index (χ2n) is 9.58. The lowest BCUT2D eigenvalue weighted by molar-refractivity contribution is -0.160. The lowest BCUT2D eigenvalue weighted by atomic mass is 9.74. The average Bonchev–Trinajstić information content (AvgIpc) is 3.24. The topological polar surface area (TPSA) is 94.5 Å². The van der Waals surface area contributed by atoms with Gasteiger partial charge in [-0.25, -0.2) is 4.79 Å². The molecule has 180 valence electrons. The van der Waals surface area contributed by atoms with Crippen molar-refractivity contribution in [2.45, 2.75) is 50.5 Å². The summed E-state index contributed by atoms with van der Waals surface area (Å²) >= 11 is 0. The number of rotatable bonds is 5. The van der Waals surface area contributed by atoms with E-state index in [1.165, 1.54) is 0 Å². The summed E-state index contributed by atoms with van der Waals surface area (Å²) in [5.41, 5.74) is 1.06. The van der Waals surface area contributed by atoms with Crippen LogP contribution in [-0.4, -0.2) is 59.9 Å². The van der Waals surface area contributed by atoms with Crippen molar-refractivity contribution in [2.24, 2.45) is 5.92 Å². The monoisotopic (exact) mass is 467 g/mol. The highest BCUT2D eigenvalue weighted by atomic mass is 16.5. The van der Waals surface area contributed by atoms with Gasteiger partial charge in [-0.1, -0.05) is 12.1 Å². The molecule has 3 heterocycles. The van der Waals surface area contributed by atoms with Gasteiger partial charge in [0.05, 0.1) is 25.4 Å². The molecule has 0 aromatic heterocycles. The summed E-state index contributed by atoms with van der Waals surface area (Å²) in [6.07, 6.45) is 1.40. The number of carbonyl (C=O) groups is 2. The molecule has 5 rings (SSSR count). The standard InChI is InChI=1S/C26H29NO7/c1-26(2)18-13-19-20(33-23(18)17-5-4-6-21(31-3)24(17)34-26)11-12-27(19)25(30)15-7-9-16(10-8-15)32-14-22(28)29/h4-10,18-20,23H,11-14H2,1-3H3,(H,28,29)/t18-,19+,20-,23+/m1/s1. The van der Waals surface area contributed by atoms with Gasteiger partial charge in [0.15, 0.2) is 18.1 Å². The molecule has 1 amide bonds. The van der Waals surface area contributed by atoms with Crippen LogP contribution in [0.5, 0.6) is 17.2 Å². The molecule has 0 saturated carbocycles. The number of aliphatic carboxylic acids is 1. The highest BCUT2D eigenvalue weighted by Crippen LogP contribution is 2.54. The highest BCUT2D eigenvalue weighted by Gasteiger charge is 2.54. The Labute approximate surface area is 198 Å². The molecule has 8 nitrogen and oxygen atoms in total. The van der Waals surface area contributed by atoms with E-state index in [1.807, 2.05) is 23.1 Å². The number of carboxylic acids is 1. The van der Waals surface area contributed by atoms with Crippen molar-refractivity contribution in [2.75, 3.05) is 20.3 Å². The van der Waals surface area contributed by atoms with Crippen LogP contribution < -0.4 is 14.2 Å². The third-order valence-corrected chi connectivity index (χ3v) is 7.18. The molecule has 3 aliphatic rings. The van der Waals surface area contributed by atoms with Crippen LogP contribution in [0.3, 0.4) is 0 Å². The van der Waals surface area contributed by atoms with Crippen LogP contribution in [0.15, 0.2) is 42.5 Å². The van der Waals surface area contributed by atoms with Crippen molar-refractivity contribution < 1.29 is 33.6 Å². The summed E-state index contributed by atoms with van der Waals surface area (Å²) in [6.45, 7) is 4.34. The summed E-state index contributed by atoms with van der Waals surface area (Å²) in [5.74, 6) is 0.830. The number of benzene rings is 2. The fourth-order valence-corrected chi connectivity index (χ4v) is 5.49. The molecular formula is C26H29NO7. The van der Waals surface area contributed by atoms with Gasteiger partial charge in [-0.3, -0.25) is 4.79 Å². The number of carboxylic acid groups (broad SMARTS) is 1. The third-order valence-electron chi connectivity index (χ3n) is 7.18. The molecule has 2 aromatic rings. The van der Waals surface area contributed by atoms with E-state index in [0.717, 1.165) is 24.2 Å². The van der Waals surface area contributed by atoms with Crippen molar-refractivity contribution in [3.8, 4) is 17.2 Å². The first-order valence-corrected chi connectivity index (χ1v) is 11.6. The third kappa shape index (κ3) is 3.86. The second kappa shape index (κ2) is 8.51. The Balaban J connectivity index is 1.36. The van der Waals surface area contributed by atoms with Gasteiger partial charge in [-0.05, 0) is 57.0 Å². The smallest absolute Gasteiger partial charge is 0.341 e. The predicted octanol–water partition coefficient (Wildman–Crippen LogP) is 3.69. The van der Waals surface area contributed by atoms with Crippen LogP contribution in [0, 0.1) is 5.92 Å². The van der Waals surface area contributed by atoms with E-state index in [4.69, 9.17) is 24.1 Å². The SMILES string of the molecule is COc1cccc2c1OC(C)(C)[C@@H]1C[C@H]3[C@@H](CCN3C(=O)c3ccc(OCC(=O)O)cc3)O[C@@H]21. The van der Waals surface area contributed by atoms with Crippen LogP contribution in [0.4, 0.5) is 0 Å². The molecule has 2 aromatic carbocycles. The zero-order valence-corrected chi connectivity index (χ0v) is 19.5. The molecule has 0 spiro atoms. The molecule has 0 radical (unpaired) electrons. The normalized spacial score (nSPS) is 26.5. The second-order valence-corrected chi connectivity index (χ2v) is 9.58. The van der Waals surface area contributed by atoms with Gasteiger partial charge in [0.2, 0.25) is 0 Å². The number of hydrogen-bond donors (Lipinski definition) is 1. The van der Waals surface area contributed by atoms with Crippen LogP contribution in [-0.2, 0) is 9.53 Å². The summed E-state index contributed by atoms with van der Waals surface area (Å²) < 4.78 is 23.8. The number of methoxy groups -OCH3 is 1. The number of carbonyl (C=O) groups excluding carboxylic acids is 1. The molecule has 0 bridgehead atoms. The Morgan fingerprint density at radius 3 is 2.65 bits per heavy atom. The van der Waals surface area contributed by atoms with Gasteiger partial charge >= 0.3 is 5.97 Å². The number of likely N-dealkylation sites (tertiary alicyclic amines) is 1. The van der Waals surface area contributed by atoms with Gasteiger partial charge in [0.25, 0.3) is 5.91 Å². The van der Waals surface area contributed by atoms with Crippen LogP contribution in [0.25, 0.3) is 0 Å². The Morgan fingerprint density at radius 1 is 1.18 bits per heavy atom. The summed E-state index contributed by atoms with van der Waals surface area (Å²) in [4.78, 5) is 26.0. The fourth-order valence-electron chi connectivity index (χ4n) is 5.49. The van der Waals surface area contributed by atoms with Gasteiger partial charge in [0.1, 0.15) is 11.4 Å². The first kappa shape index (κ1) is 22.5. The maximum Gasteiger partial charge on any atom is 0.341 e. The number of ether oxygens (including phenoxy) is 4. The highest BCUT2D eigenvalue weighted by molar-refractivity contribution is 5.94. The lowest BCUT2D eigenvalue weighted by Crippen LogP contribution is -2.54.